The summed E-state index contributed by atoms with van der Waals surface area (Å²) in [5.41, 5.74) is 2.31. The summed E-state index contributed by atoms with van der Waals surface area (Å²) >= 11 is 6.39. The van der Waals surface area contributed by atoms with Crippen LogP contribution in [-0.2, 0) is 11.3 Å². The lowest BCUT2D eigenvalue weighted by Crippen LogP contribution is -2.36. The highest BCUT2D eigenvalue weighted by Gasteiger charge is 2.13. The quantitative estimate of drug-likeness (QED) is 0.704. The number of likely N-dealkylation sites (N-methyl/N-ethyl adjacent to an activating group) is 1. The second kappa shape index (κ2) is 9.22. The Morgan fingerprint density at radius 2 is 2.10 bits per heavy atom. The summed E-state index contributed by atoms with van der Waals surface area (Å²) in [6.07, 6.45) is 1.13. The minimum absolute atomic E-state index is 0.338. The Hall–Kier alpha value is -0.770. The Morgan fingerprint density at radius 1 is 1.35 bits per heavy atom. The third-order valence-corrected chi connectivity index (χ3v) is 3.74. The van der Waals surface area contributed by atoms with E-state index in [0.29, 0.717) is 12.6 Å². The van der Waals surface area contributed by atoms with Gasteiger partial charge in [-0.2, -0.15) is 0 Å². The third-order valence-electron chi connectivity index (χ3n) is 3.39. The maximum atomic E-state index is 6.39. The summed E-state index contributed by atoms with van der Waals surface area (Å²) < 4.78 is 5.24. The molecule has 0 radical (unpaired) electrons. The Morgan fingerprint density at radius 3 is 2.65 bits per heavy atom. The fourth-order valence-corrected chi connectivity index (χ4v) is 2.58. The second-order valence-corrected chi connectivity index (χ2v) is 5.45. The SMILES string of the molecule is CCCNCc1ccc(N(CC)C(C)COC)cc1Cl. The first kappa shape index (κ1) is 17.3. The van der Waals surface area contributed by atoms with Crippen LogP contribution in [0.15, 0.2) is 18.2 Å². The molecule has 114 valence electrons. The molecule has 0 spiro atoms. The third kappa shape index (κ3) is 4.97. The molecule has 4 heteroatoms. The lowest BCUT2D eigenvalue weighted by molar-refractivity contribution is 0.182. The molecule has 1 aromatic carbocycles. The molecular formula is C16H27ClN2O. The highest BCUT2D eigenvalue weighted by Crippen LogP contribution is 2.25. The van der Waals surface area contributed by atoms with Gasteiger partial charge in [-0.25, -0.2) is 0 Å². The first-order chi connectivity index (χ1) is 9.63. The Kier molecular flexibility index (Phi) is 7.97. The number of nitrogens with zero attached hydrogens (tertiary/aromatic N) is 1. The fraction of sp³-hybridized carbons (Fsp3) is 0.625. The average Bonchev–Trinajstić information content (AvgIpc) is 2.42. The van der Waals surface area contributed by atoms with Crippen molar-refractivity contribution in [3.8, 4) is 0 Å². The van der Waals surface area contributed by atoms with Gasteiger partial charge in [0, 0.05) is 37.0 Å². The van der Waals surface area contributed by atoms with Crippen molar-refractivity contribution in [2.24, 2.45) is 0 Å². The minimum atomic E-state index is 0.338. The molecule has 20 heavy (non-hydrogen) atoms. The average molecular weight is 299 g/mol. The van der Waals surface area contributed by atoms with Crippen LogP contribution in [-0.4, -0.2) is 32.8 Å². The minimum Gasteiger partial charge on any atom is -0.383 e. The molecule has 0 aliphatic heterocycles. The zero-order valence-electron chi connectivity index (χ0n) is 13.1. The summed E-state index contributed by atoms with van der Waals surface area (Å²) in [5.74, 6) is 0. The molecule has 3 nitrogen and oxygen atoms in total. The number of benzene rings is 1. The largest absolute Gasteiger partial charge is 0.383 e. The summed E-state index contributed by atoms with van der Waals surface area (Å²) in [6, 6.07) is 6.65. The van der Waals surface area contributed by atoms with Crippen molar-refractivity contribution in [1.29, 1.82) is 0 Å². The van der Waals surface area contributed by atoms with Crippen LogP contribution in [0.25, 0.3) is 0 Å². The van der Waals surface area contributed by atoms with Gasteiger partial charge in [-0.3, -0.25) is 0 Å². The van der Waals surface area contributed by atoms with E-state index in [1.807, 2.05) is 0 Å². The van der Waals surface area contributed by atoms with Gasteiger partial charge < -0.3 is 15.0 Å². The first-order valence-corrected chi connectivity index (χ1v) is 7.76. The number of anilines is 1. The van der Waals surface area contributed by atoms with Crippen LogP contribution in [0, 0.1) is 0 Å². The number of nitrogens with one attached hydrogen (secondary N) is 1. The van der Waals surface area contributed by atoms with Gasteiger partial charge in [0.05, 0.1) is 6.61 Å². The molecule has 0 aliphatic rings. The summed E-state index contributed by atoms with van der Waals surface area (Å²) in [6.45, 7) is 9.97. The molecule has 0 aromatic heterocycles. The molecule has 1 aromatic rings. The zero-order valence-corrected chi connectivity index (χ0v) is 13.8. The van der Waals surface area contributed by atoms with E-state index in [-0.39, 0.29) is 0 Å². The topological polar surface area (TPSA) is 24.5 Å². The molecule has 0 saturated heterocycles. The Balaban J connectivity index is 2.78. The van der Waals surface area contributed by atoms with Crippen LogP contribution in [0.5, 0.6) is 0 Å². The first-order valence-electron chi connectivity index (χ1n) is 7.38. The molecule has 1 unspecified atom stereocenters. The molecular weight excluding hydrogens is 272 g/mol. The van der Waals surface area contributed by atoms with E-state index in [2.05, 4.69) is 49.2 Å². The van der Waals surface area contributed by atoms with Gasteiger partial charge in [-0.1, -0.05) is 24.6 Å². The van der Waals surface area contributed by atoms with Crippen molar-refractivity contribution in [3.63, 3.8) is 0 Å². The number of methoxy groups -OCH3 is 1. The zero-order chi connectivity index (χ0) is 15.0. The van der Waals surface area contributed by atoms with E-state index in [1.165, 1.54) is 0 Å². The monoisotopic (exact) mass is 298 g/mol. The highest BCUT2D eigenvalue weighted by molar-refractivity contribution is 6.31. The predicted octanol–water partition coefficient (Wildman–Crippen LogP) is 3.70. The van der Waals surface area contributed by atoms with E-state index in [4.69, 9.17) is 16.3 Å². The smallest absolute Gasteiger partial charge is 0.0663 e. The molecule has 0 heterocycles. The fourth-order valence-electron chi connectivity index (χ4n) is 2.34. The number of hydrogen-bond acceptors (Lipinski definition) is 3. The maximum Gasteiger partial charge on any atom is 0.0663 e. The van der Waals surface area contributed by atoms with Crippen molar-refractivity contribution < 1.29 is 4.74 Å². The van der Waals surface area contributed by atoms with E-state index < -0.39 is 0 Å². The number of hydrogen-bond donors (Lipinski definition) is 1. The molecule has 0 fully saturated rings. The number of ether oxygens (including phenoxy) is 1. The highest BCUT2D eigenvalue weighted by atomic mass is 35.5. The normalized spacial score (nSPS) is 12.4. The lowest BCUT2D eigenvalue weighted by Gasteiger charge is -2.30. The molecule has 0 saturated carbocycles. The van der Waals surface area contributed by atoms with E-state index in [1.54, 1.807) is 7.11 Å². The van der Waals surface area contributed by atoms with Crippen LogP contribution in [0.3, 0.4) is 0 Å². The van der Waals surface area contributed by atoms with E-state index in [9.17, 15) is 0 Å². The van der Waals surface area contributed by atoms with Crippen LogP contribution in [0.4, 0.5) is 5.69 Å². The van der Waals surface area contributed by atoms with Crippen molar-refractivity contribution >= 4 is 17.3 Å². The van der Waals surface area contributed by atoms with Gasteiger partial charge in [0.2, 0.25) is 0 Å². The summed E-state index contributed by atoms with van der Waals surface area (Å²) in [7, 11) is 1.74. The van der Waals surface area contributed by atoms with Crippen molar-refractivity contribution in [2.75, 3.05) is 31.7 Å². The lowest BCUT2D eigenvalue weighted by atomic mass is 10.1. The van der Waals surface area contributed by atoms with Gasteiger partial charge in [0.25, 0.3) is 0 Å². The standard InChI is InChI=1S/C16H27ClN2O/c1-5-9-18-11-14-7-8-15(10-16(14)17)19(6-2)13(3)12-20-4/h7-8,10,13,18H,5-6,9,11-12H2,1-4H3. The van der Waals surface area contributed by atoms with Gasteiger partial charge in [0.15, 0.2) is 0 Å². The molecule has 0 aliphatic carbocycles. The van der Waals surface area contributed by atoms with Gasteiger partial charge in [-0.15, -0.1) is 0 Å². The Labute approximate surface area is 128 Å². The molecule has 1 N–H and O–H groups in total. The maximum absolute atomic E-state index is 6.39. The van der Waals surface area contributed by atoms with Gasteiger partial charge >= 0.3 is 0 Å². The van der Waals surface area contributed by atoms with Crippen LogP contribution >= 0.6 is 11.6 Å². The van der Waals surface area contributed by atoms with E-state index in [0.717, 1.165) is 42.3 Å². The number of rotatable bonds is 9. The molecule has 0 bridgehead atoms. The Bertz CT molecular complexity index is 398. The molecule has 1 rings (SSSR count). The van der Waals surface area contributed by atoms with Gasteiger partial charge in [-0.05, 0) is 44.5 Å². The molecule has 0 amide bonds. The number of halogens is 1. The molecule has 1 atom stereocenters. The van der Waals surface area contributed by atoms with Crippen molar-refractivity contribution in [1.82, 2.24) is 5.32 Å². The van der Waals surface area contributed by atoms with Crippen molar-refractivity contribution in [3.05, 3.63) is 28.8 Å². The van der Waals surface area contributed by atoms with Crippen LogP contribution in [0.1, 0.15) is 32.8 Å². The summed E-state index contributed by atoms with van der Waals surface area (Å²) in [4.78, 5) is 2.30. The van der Waals surface area contributed by atoms with Gasteiger partial charge in [0.1, 0.15) is 0 Å². The second-order valence-electron chi connectivity index (χ2n) is 5.04. The van der Waals surface area contributed by atoms with E-state index >= 15 is 0 Å². The summed E-state index contributed by atoms with van der Waals surface area (Å²) in [5, 5.41) is 4.21. The predicted molar refractivity (Wildman–Crippen MR) is 87.8 cm³/mol. The van der Waals surface area contributed by atoms with Crippen LogP contribution in [0.2, 0.25) is 5.02 Å². The van der Waals surface area contributed by atoms with Crippen LogP contribution < -0.4 is 10.2 Å². The van der Waals surface area contributed by atoms with Crippen molar-refractivity contribution in [2.45, 2.75) is 39.8 Å².